The first-order chi connectivity index (χ1) is 10.8. The van der Waals surface area contributed by atoms with Crippen LogP contribution in [-0.2, 0) is 9.53 Å². The molecular weight excluding hydrogens is 300 g/mol. The number of piperidine rings is 1. The van der Waals surface area contributed by atoms with Gasteiger partial charge in [0.05, 0.1) is 17.7 Å². The van der Waals surface area contributed by atoms with Crippen molar-refractivity contribution in [3.05, 3.63) is 17.1 Å². The van der Waals surface area contributed by atoms with Gasteiger partial charge in [-0.05, 0) is 49.7 Å². The summed E-state index contributed by atoms with van der Waals surface area (Å²) in [5, 5.41) is 6.34. The first-order valence-electron chi connectivity index (χ1n) is 7.89. The Morgan fingerprint density at radius 2 is 2.32 bits per heavy atom. The zero-order valence-corrected chi connectivity index (χ0v) is 13.5. The lowest BCUT2D eigenvalue weighted by molar-refractivity contribution is -0.142. The third-order valence-electron chi connectivity index (χ3n) is 5.00. The Labute approximate surface area is 133 Å². The van der Waals surface area contributed by atoms with E-state index in [0.29, 0.717) is 11.8 Å². The fourth-order valence-corrected chi connectivity index (χ4v) is 4.44. The van der Waals surface area contributed by atoms with Gasteiger partial charge >= 0.3 is 5.97 Å². The van der Waals surface area contributed by atoms with E-state index in [1.807, 2.05) is 6.07 Å². The number of hydrogen-bond donors (Lipinski definition) is 0. The molecule has 1 aliphatic heterocycles. The molecule has 0 unspecified atom stereocenters. The molecule has 0 amide bonds. The predicted octanol–water partition coefficient (Wildman–Crippen LogP) is 2.88. The van der Waals surface area contributed by atoms with Crippen molar-refractivity contribution in [2.45, 2.75) is 25.2 Å². The predicted molar refractivity (Wildman–Crippen MR) is 83.9 cm³/mol. The van der Waals surface area contributed by atoms with Crippen LogP contribution >= 0.6 is 11.3 Å². The average Bonchev–Trinajstić information content (AvgIpc) is 2.96. The molecule has 4 rings (SSSR count). The van der Waals surface area contributed by atoms with Crippen molar-refractivity contribution in [1.82, 2.24) is 10.1 Å². The van der Waals surface area contributed by atoms with Crippen molar-refractivity contribution in [2.75, 3.05) is 26.7 Å². The number of likely N-dealkylation sites (tertiary alicyclic amines) is 1. The Kier molecular flexibility index (Phi) is 3.66. The van der Waals surface area contributed by atoms with E-state index >= 15 is 0 Å². The molecule has 0 radical (unpaired) electrons. The molecule has 2 aliphatic rings. The van der Waals surface area contributed by atoms with Crippen LogP contribution in [-0.4, -0.2) is 42.8 Å². The molecule has 6 heteroatoms. The second kappa shape index (κ2) is 5.66. The van der Waals surface area contributed by atoms with E-state index in [9.17, 15) is 4.79 Å². The maximum absolute atomic E-state index is 11.5. The van der Waals surface area contributed by atoms with E-state index in [1.54, 1.807) is 11.3 Å². The van der Waals surface area contributed by atoms with E-state index in [0.717, 1.165) is 50.2 Å². The van der Waals surface area contributed by atoms with Gasteiger partial charge in [-0.3, -0.25) is 4.79 Å². The summed E-state index contributed by atoms with van der Waals surface area (Å²) in [5.41, 5.74) is 2.06. The first kappa shape index (κ1) is 14.2. The van der Waals surface area contributed by atoms with Gasteiger partial charge in [0, 0.05) is 12.5 Å². The molecule has 2 aromatic heterocycles. The highest BCUT2D eigenvalue weighted by molar-refractivity contribution is 7.17. The summed E-state index contributed by atoms with van der Waals surface area (Å²) in [6.45, 7) is 3.18. The number of methoxy groups -OCH3 is 1. The topological polar surface area (TPSA) is 55.6 Å². The Hall–Kier alpha value is -1.40. The van der Waals surface area contributed by atoms with Crippen molar-refractivity contribution >= 4 is 27.6 Å². The number of carbonyl (C=O) groups excluding carboxylic acids is 1. The largest absolute Gasteiger partial charge is 0.469 e. The van der Waals surface area contributed by atoms with Crippen LogP contribution in [0.2, 0.25) is 0 Å². The number of aromatic nitrogens is 1. The highest BCUT2D eigenvalue weighted by atomic mass is 32.1. The van der Waals surface area contributed by atoms with Crippen LogP contribution in [0.4, 0.5) is 0 Å². The molecule has 0 N–H and O–H groups in total. The monoisotopic (exact) mass is 320 g/mol. The van der Waals surface area contributed by atoms with E-state index in [1.165, 1.54) is 11.8 Å². The normalized spacial score (nSPS) is 26.4. The molecule has 0 spiro atoms. The lowest BCUT2D eigenvalue weighted by atomic mass is 9.93. The van der Waals surface area contributed by atoms with E-state index in [4.69, 9.17) is 9.26 Å². The molecule has 118 valence electrons. The number of nitrogens with zero attached hydrogens (tertiary/aromatic N) is 2. The second-order valence-electron chi connectivity index (χ2n) is 6.38. The number of ether oxygens (including phenoxy) is 1. The number of esters is 1. The summed E-state index contributed by atoms with van der Waals surface area (Å²) < 4.78 is 11.4. The fourth-order valence-electron chi connectivity index (χ4n) is 3.57. The molecule has 1 aliphatic carbocycles. The molecule has 22 heavy (non-hydrogen) atoms. The molecule has 3 heterocycles. The number of fused-ring (bicyclic) bond motifs is 1. The standard InChI is InChI=1S/C16H20N2O3S/c1-20-16(19)12-8-11(12)9-18-5-2-10(3-6-18)14-15-13(21-17-14)4-7-22-15/h4,7,10-12H,2-3,5-6,8-9H2,1H3/t11-,12+/m1/s1. The minimum absolute atomic E-state index is 0.0393. The summed E-state index contributed by atoms with van der Waals surface area (Å²) in [7, 11) is 1.48. The molecule has 0 aromatic carbocycles. The van der Waals surface area contributed by atoms with Crippen LogP contribution < -0.4 is 0 Å². The maximum atomic E-state index is 11.5. The third kappa shape index (κ3) is 2.54. The summed E-state index contributed by atoms with van der Waals surface area (Å²) in [6, 6.07) is 1.99. The van der Waals surface area contributed by atoms with Gasteiger partial charge in [-0.25, -0.2) is 0 Å². The van der Waals surface area contributed by atoms with Crippen molar-refractivity contribution in [3.63, 3.8) is 0 Å². The Balaban J connectivity index is 1.32. The average molecular weight is 320 g/mol. The minimum Gasteiger partial charge on any atom is -0.469 e. The fraction of sp³-hybridized carbons (Fsp3) is 0.625. The highest BCUT2D eigenvalue weighted by Gasteiger charge is 2.44. The van der Waals surface area contributed by atoms with Gasteiger partial charge in [0.2, 0.25) is 0 Å². The Morgan fingerprint density at radius 1 is 1.50 bits per heavy atom. The smallest absolute Gasteiger partial charge is 0.308 e. The molecule has 5 nitrogen and oxygen atoms in total. The van der Waals surface area contributed by atoms with Gasteiger partial charge in [-0.2, -0.15) is 0 Å². The van der Waals surface area contributed by atoms with Crippen LogP contribution in [0.25, 0.3) is 10.3 Å². The third-order valence-corrected chi connectivity index (χ3v) is 5.92. The van der Waals surface area contributed by atoms with Gasteiger partial charge in [0.25, 0.3) is 0 Å². The summed E-state index contributed by atoms with van der Waals surface area (Å²) in [5.74, 6) is 1.11. The van der Waals surface area contributed by atoms with Crippen LogP contribution in [0, 0.1) is 11.8 Å². The summed E-state index contributed by atoms with van der Waals surface area (Å²) >= 11 is 1.72. The number of thiophene rings is 1. The zero-order chi connectivity index (χ0) is 15.1. The zero-order valence-electron chi connectivity index (χ0n) is 12.7. The van der Waals surface area contributed by atoms with Crippen LogP contribution in [0.15, 0.2) is 16.0 Å². The molecule has 1 saturated heterocycles. The first-order valence-corrected chi connectivity index (χ1v) is 8.77. The van der Waals surface area contributed by atoms with Crippen molar-refractivity contribution in [2.24, 2.45) is 11.8 Å². The van der Waals surface area contributed by atoms with Gasteiger partial charge in [0.15, 0.2) is 5.58 Å². The van der Waals surface area contributed by atoms with Crippen LogP contribution in [0.3, 0.4) is 0 Å². The van der Waals surface area contributed by atoms with Gasteiger partial charge in [-0.1, -0.05) is 5.16 Å². The Bertz CT molecular complexity index is 672. The lowest BCUT2D eigenvalue weighted by Gasteiger charge is -2.31. The van der Waals surface area contributed by atoms with Crippen LogP contribution in [0.1, 0.15) is 30.9 Å². The molecule has 2 fully saturated rings. The van der Waals surface area contributed by atoms with E-state index in [2.05, 4.69) is 15.4 Å². The van der Waals surface area contributed by atoms with E-state index < -0.39 is 0 Å². The molecular formula is C16H20N2O3S. The van der Waals surface area contributed by atoms with Crippen molar-refractivity contribution in [1.29, 1.82) is 0 Å². The number of rotatable bonds is 4. The molecule has 2 atom stereocenters. The summed E-state index contributed by atoms with van der Waals surface area (Å²) in [6.07, 6.45) is 3.23. The SMILES string of the molecule is COC(=O)[C@H]1C[C@@H]1CN1CCC(c2noc3ccsc23)CC1. The molecule has 1 saturated carbocycles. The number of hydrogen-bond acceptors (Lipinski definition) is 6. The maximum Gasteiger partial charge on any atom is 0.308 e. The van der Waals surface area contributed by atoms with Crippen LogP contribution in [0.5, 0.6) is 0 Å². The van der Waals surface area contributed by atoms with Gasteiger partial charge < -0.3 is 14.2 Å². The quantitative estimate of drug-likeness (QED) is 0.811. The lowest BCUT2D eigenvalue weighted by Crippen LogP contribution is -2.35. The highest BCUT2D eigenvalue weighted by Crippen LogP contribution is 2.41. The van der Waals surface area contributed by atoms with Crippen molar-refractivity contribution in [3.8, 4) is 0 Å². The summed E-state index contributed by atoms with van der Waals surface area (Å²) in [4.78, 5) is 14.0. The van der Waals surface area contributed by atoms with E-state index in [-0.39, 0.29) is 11.9 Å². The molecule has 0 bridgehead atoms. The second-order valence-corrected chi connectivity index (χ2v) is 7.30. The van der Waals surface area contributed by atoms with Crippen molar-refractivity contribution < 1.29 is 14.1 Å². The number of carbonyl (C=O) groups is 1. The molecule has 2 aromatic rings. The minimum atomic E-state index is -0.0393. The van der Waals surface area contributed by atoms with Gasteiger partial charge in [-0.15, -0.1) is 11.3 Å². The van der Waals surface area contributed by atoms with Gasteiger partial charge in [0.1, 0.15) is 5.69 Å². The Morgan fingerprint density at radius 3 is 3.09 bits per heavy atom.